The van der Waals surface area contributed by atoms with Crippen molar-refractivity contribution in [2.24, 2.45) is 0 Å². The molecule has 0 radical (unpaired) electrons. The molecule has 2 aliphatic rings. The van der Waals surface area contributed by atoms with E-state index < -0.39 is 0 Å². The largest absolute Gasteiger partial charge is 0.474 e. The lowest BCUT2D eigenvalue weighted by Gasteiger charge is -2.45. The van der Waals surface area contributed by atoms with Crippen molar-refractivity contribution >= 4 is 28.3 Å². The Morgan fingerprint density at radius 2 is 2.05 bits per heavy atom. The topological polar surface area (TPSA) is 40.3 Å². The fraction of sp³-hybridized carbons (Fsp3) is 0.471. The second-order valence-corrected chi connectivity index (χ2v) is 6.59. The number of aromatic nitrogens is 1. The van der Waals surface area contributed by atoms with Gasteiger partial charge in [0.15, 0.2) is 0 Å². The van der Waals surface area contributed by atoms with E-state index in [2.05, 4.69) is 39.5 Å². The molecule has 116 valence electrons. The Balaban J connectivity index is 1.70. The van der Waals surface area contributed by atoms with Gasteiger partial charge in [-0.05, 0) is 43.1 Å². The Morgan fingerprint density at radius 1 is 1.27 bits per heavy atom. The summed E-state index contributed by atoms with van der Waals surface area (Å²) < 4.78 is 5.21. The number of methoxy groups -OCH3 is 1. The number of piperidine rings is 1. The van der Waals surface area contributed by atoms with Gasteiger partial charge in [-0.2, -0.15) is 0 Å². The van der Waals surface area contributed by atoms with E-state index >= 15 is 0 Å². The lowest BCUT2D eigenvalue weighted by Crippen LogP contribution is -2.55. The van der Waals surface area contributed by atoms with Gasteiger partial charge in [0, 0.05) is 36.2 Å². The molecule has 22 heavy (non-hydrogen) atoms. The zero-order valence-electron chi connectivity index (χ0n) is 12.8. The number of benzene rings is 1. The van der Waals surface area contributed by atoms with Gasteiger partial charge >= 0.3 is 0 Å². The molecule has 0 aliphatic carbocycles. The van der Waals surface area contributed by atoms with Crippen LogP contribution in [0, 0.1) is 0 Å². The number of hydrogen-bond donors (Lipinski definition) is 2. The van der Waals surface area contributed by atoms with E-state index in [0.29, 0.717) is 5.17 Å². The van der Waals surface area contributed by atoms with Crippen molar-refractivity contribution < 1.29 is 4.74 Å². The Hall–Kier alpha value is -1.59. The molecule has 1 aromatic carbocycles. The number of aromatic amines is 1. The fourth-order valence-corrected chi connectivity index (χ4v) is 4.19. The van der Waals surface area contributed by atoms with E-state index in [4.69, 9.17) is 17.0 Å². The Bertz CT molecular complexity index is 716. The first-order chi connectivity index (χ1) is 10.7. The van der Waals surface area contributed by atoms with Crippen molar-refractivity contribution in [1.29, 1.82) is 0 Å². The van der Waals surface area contributed by atoms with Gasteiger partial charge in [-0.15, -0.1) is 0 Å². The van der Waals surface area contributed by atoms with E-state index in [1.54, 1.807) is 7.11 Å². The Labute approximate surface area is 135 Å². The average molecular weight is 315 g/mol. The number of fused-ring (bicyclic) bond motifs is 4. The Morgan fingerprint density at radius 3 is 2.82 bits per heavy atom. The van der Waals surface area contributed by atoms with Gasteiger partial charge in [0.05, 0.1) is 12.6 Å². The molecule has 4 nitrogen and oxygen atoms in total. The molecule has 0 unspecified atom stereocenters. The molecule has 1 spiro atoms. The Kier molecular flexibility index (Phi) is 3.35. The van der Waals surface area contributed by atoms with Crippen LogP contribution < -0.4 is 5.32 Å². The van der Waals surface area contributed by atoms with Crippen LogP contribution in [0.2, 0.25) is 0 Å². The van der Waals surface area contributed by atoms with Gasteiger partial charge < -0.3 is 19.9 Å². The number of para-hydroxylation sites is 1. The standard InChI is InChI=1S/C17H21N3OS/c1-21-16(22)20-10-7-17(8-11-20)15-13(6-9-18-17)12-4-2-3-5-14(12)19-15/h2-5,18-19H,6-11H2,1H3. The summed E-state index contributed by atoms with van der Waals surface area (Å²) in [7, 11) is 1.65. The van der Waals surface area contributed by atoms with Gasteiger partial charge in [0.2, 0.25) is 0 Å². The van der Waals surface area contributed by atoms with Crippen LogP contribution in [0.25, 0.3) is 10.9 Å². The normalized spacial score (nSPS) is 20.1. The number of nitrogens with one attached hydrogen (secondary N) is 2. The van der Waals surface area contributed by atoms with Crippen LogP contribution in [0.1, 0.15) is 24.1 Å². The SMILES string of the molecule is COC(=S)N1CCC2(CC1)NCCc1c2[nH]c2ccccc12. The summed E-state index contributed by atoms with van der Waals surface area (Å²) in [5.74, 6) is 0. The second kappa shape index (κ2) is 5.25. The van der Waals surface area contributed by atoms with Crippen molar-refractivity contribution in [2.45, 2.75) is 24.8 Å². The number of likely N-dealkylation sites (tertiary alicyclic amines) is 1. The van der Waals surface area contributed by atoms with Crippen LogP contribution in [0.15, 0.2) is 24.3 Å². The average Bonchev–Trinajstić information content (AvgIpc) is 2.96. The molecular weight excluding hydrogens is 294 g/mol. The molecule has 5 heteroatoms. The molecule has 2 aromatic rings. The molecule has 2 N–H and O–H groups in total. The van der Waals surface area contributed by atoms with Crippen LogP contribution >= 0.6 is 12.2 Å². The molecule has 4 rings (SSSR count). The third-order valence-corrected chi connectivity index (χ3v) is 5.61. The van der Waals surface area contributed by atoms with Crippen LogP contribution in [-0.4, -0.2) is 41.8 Å². The highest BCUT2D eigenvalue weighted by Crippen LogP contribution is 2.40. The third kappa shape index (κ3) is 2.03. The van der Waals surface area contributed by atoms with Gasteiger partial charge in [0.1, 0.15) is 0 Å². The van der Waals surface area contributed by atoms with E-state index in [1.165, 1.54) is 22.2 Å². The lowest BCUT2D eigenvalue weighted by molar-refractivity contribution is 0.156. The van der Waals surface area contributed by atoms with E-state index in [1.807, 2.05) is 0 Å². The summed E-state index contributed by atoms with van der Waals surface area (Å²) in [5, 5.41) is 5.78. The molecule has 1 fully saturated rings. The maximum absolute atomic E-state index is 5.27. The minimum Gasteiger partial charge on any atom is -0.474 e. The number of ether oxygens (including phenoxy) is 1. The minimum absolute atomic E-state index is 0.0620. The molecule has 0 saturated carbocycles. The van der Waals surface area contributed by atoms with Crippen molar-refractivity contribution in [3.63, 3.8) is 0 Å². The van der Waals surface area contributed by atoms with Gasteiger partial charge in [-0.25, -0.2) is 0 Å². The van der Waals surface area contributed by atoms with Crippen molar-refractivity contribution in [3.8, 4) is 0 Å². The number of thiocarbonyl (C=S) groups is 1. The van der Waals surface area contributed by atoms with Gasteiger partial charge in [-0.1, -0.05) is 18.2 Å². The maximum atomic E-state index is 5.27. The smallest absolute Gasteiger partial charge is 0.259 e. The molecular formula is C17H21N3OS. The van der Waals surface area contributed by atoms with Crippen LogP contribution in [0.5, 0.6) is 0 Å². The highest BCUT2D eigenvalue weighted by atomic mass is 32.1. The monoisotopic (exact) mass is 315 g/mol. The third-order valence-electron chi connectivity index (χ3n) is 5.18. The summed E-state index contributed by atoms with van der Waals surface area (Å²) >= 11 is 5.27. The van der Waals surface area contributed by atoms with Gasteiger partial charge in [0.25, 0.3) is 5.17 Å². The molecule has 2 aliphatic heterocycles. The molecule has 1 saturated heterocycles. The summed E-state index contributed by atoms with van der Waals surface area (Å²) in [6.07, 6.45) is 3.20. The maximum Gasteiger partial charge on any atom is 0.259 e. The predicted octanol–water partition coefficient (Wildman–Crippen LogP) is 2.54. The second-order valence-electron chi connectivity index (χ2n) is 6.24. The van der Waals surface area contributed by atoms with E-state index in [0.717, 1.165) is 38.9 Å². The molecule has 0 bridgehead atoms. The van der Waals surface area contributed by atoms with E-state index in [9.17, 15) is 0 Å². The first-order valence-corrected chi connectivity index (χ1v) is 8.32. The lowest BCUT2D eigenvalue weighted by atomic mass is 9.79. The predicted molar refractivity (Wildman–Crippen MR) is 92.1 cm³/mol. The van der Waals surface area contributed by atoms with E-state index in [-0.39, 0.29) is 5.54 Å². The summed E-state index contributed by atoms with van der Waals surface area (Å²) in [6.45, 7) is 2.92. The van der Waals surface area contributed by atoms with Crippen LogP contribution in [0.4, 0.5) is 0 Å². The molecule has 0 amide bonds. The number of hydrogen-bond acceptors (Lipinski definition) is 3. The van der Waals surface area contributed by atoms with Crippen LogP contribution in [-0.2, 0) is 16.7 Å². The fourth-order valence-electron chi connectivity index (χ4n) is 4.01. The van der Waals surface area contributed by atoms with Crippen LogP contribution in [0.3, 0.4) is 0 Å². The van der Waals surface area contributed by atoms with Gasteiger partial charge in [-0.3, -0.25) is 0 Å². The van der Waals surface area contributed by atoms with Crippen molar-refractivity contribution in [1.82, 2.24) is 15.2 Å². The summed E-state index contributed by atoms with van der Waals surface area (Å²) in [4.78, 5) is 5.86. The highest BCUT2D eigenvalue weighted by Gasteiger charge is 2.41. The first-order valence-electron chi connectivity index (χ1n) is 7.91. The van der Waals surface area contributed by atoms with Crippen molar-refractivity contribution in [3.05, 3.63) is 35.5 Å². The molecule has 3 heterocycles. The van der Waals surface area contributed by atoms with Crippen molar-refractivity contribution in [2.75, 3.05) is 26.7 Å². The quantitative estimate of drug-likeness (QED) is 0.733. The minimum atomic E-state index is 0.0620. The highest BCUT2D eigenvalue weighted by molar-refractivity contribution is 7.80. The molecule has 1 aromatic heterocycles. The zero-order valence-corrected chi connectivity index (χ0v) is 13.6. The first kappa shape index (κ1) is 14.0. The number of nitrogens with zero attached hydrogens (tertiary/aromatic N) is 1. The number of rotatable bonds is 0. The summed E-state index contributed by atoms with van der Waals surface area (Å²) in [6, 6.07) is 8.64. The zero-order chi connectivity index (χ0) is 15.2. The number of H-pyrrole nitrogens is 1. The molecule has 0 atom stereocenters. The summed E-state index contributed by atoms with van der Waals surface area (Å²) in [5.41, 5.74) is 4.21.